The molecular formula is C17H24F3NO3. The fourth-order valence-corrected chi connectivity index (χ4v) is 2.97. The van der Waals surface area contributed by atoms with Gasteiger partial charge in [0.05, 0.1) is 32.3 Å². The van der Waals surface area contributed by atoms with Gasteiger partial charge < -0.3 is 19.5 Å². The second kappa shape index (κ2) is 8.69. The predicted octanol–water partition coefficient (Wildman–Crippen LogP) is 2.85. The molecule has 1 aromatic rings. The third kappa shape index (κ3) is 5.65. The molecule has 0 aliphatic carbocycles. The molecule has 1 saturated heterocycles. The minimum absolute atomic E-state index is 0.0485. The lowest BCUT2D eigenvalue weighted by Crippen LogP contribution is -2.45. The first-order valence-corrected chi connectivity index (χ1v) is 8.07. The maximum Gasteiger partial charge on any atom is 0.393 e. The Hall–Kier alpha value is -1.31. The molecule has 136 valence electrons. The number of β-amino-alcohol motifs (C(OH)–C–C–N with tert-alkyl or cyclic N) is 1. The van der Waals surface area contributed by atoms with E-state index in [-0.39, 0.29) is 32.7 Å². The minimum atomic E-state index is -4.16. The van der Waals surface area contributed by atoms with Crippen molar-refractivity contribution in [1.29, 1.82) is 0 Å². The number of aliphatic hydroxyl groups excluding tert-OH is 1. The third-order valence-electron chi connectivity index (χ3n) is 4.20. The number of rotatable bonds is 7. The topological polar surface area (TPSA) is 41.9 Å². The number of hydrogen-bond donors (Lipinski definition) is 1. The zero-order chi connectivity index (χ0) is 17.6. The number of methoxy groups -OCH3 is 1. The highest BCUT2D eigenvalue weighted by molar-refractivity contribution is 5.32. The highest BCUT2D eigenvalue weighted by Gasteiger charge is 2.41. The number of nitrogens with zero attached hydrogens (tertiary/aromatic N) is 1. The number of ether oxygens (including phenoxy) is 2. The van der Waals surface area contributed by atoms with Crippen LogP contribution in [0.15, 0.2) is 24.3 Å². The van der Waals surface area contributed by atoms with Gasteiger partial charge in [-0.25, -0.2) is 0 Å². The first kappa shape index (κ1) is 19.0. The average molecular weight is 347 g/mol. The van der Waals surface area contributed by atoms with Crippen LogP contribution in [-0.2, 0) is 11.3 Å². The predicted molar refractivity (Wildman–Crippen MR) is 83.9 cm³/mol. The Labute approximate surface area is 140 Å². The van der Waals surface area contributed by atoms with E-state index in [0.29, 0.717) is 18.7 Å². The van der Waals surface area contributed by atoms with Gasteiger partial charge in [0.15, 0.2) is 0 Å². The number of piperidine rings is 1. The fourth-order valence-electron chi connectivity index (χ4n) is 2.97. The minimum Gasteiger partial charge on any atom is -0.496 e. The van der Waals surface area contributed by atoms with E-state index in [0.717, 1.165) is 5.56 Å². The molecule has 1 aliphatic rings. The van der Waals surface area contributed by atoms with Gasteiger partial charge in [-0.15, -0.1) is 0 Å². The van der Waals surface area contributed by atoms with Crippen molar-refractivity contribution in [1.82, 2.24) is 4.90 Å². The van der Waals surface area contributed by atoms with Gasteiger partial charge in [-0.3, -0.25) is 0 Å². The van der Waals surface area contributed by atoms with E-state index in [2.05, 4.69) is 0 Å². The molecule has 0 aromatic heterocycles. The lowest BCUT2D eigenvalue weighted by Gasteiger charge is -2.34. The first-order chi connectivity index (χ1) is 11.4. The zero-order valence-electron chi connectivity index (χ0n) is 13.8. The molecule has 1 aromatic carbocycles. The van der Waals surface area contributed by atoms with Crippen LogP contribution in [0, 0.1) is 5.92 Å². The van der Waals surface area contributed by atoms with E-state index in [4.69, 9.17) is 9.47 Å². The molecule has 2 rings (SSSR count). The van der Waals surface area contributed by atoms with Gasteiger partial charge in [-0.1, -0.05) is 18.2 Å². The fraction of sp³-hybridized carbons (Fsp3) is 0.647. The molecule has 4 nitrogen and oxygen atoms in total. The highest BCUT2D eigenvalue weighted by atomic mass is 19.4. The molecule has 1 heterocycles. The maximum absolute atomic E-state index is 12.8. The van der Waals surface area contributed by atoms with Gasteiger partial charge in [0.25, 0.3) is 0 Å². The summed E-state index contributed by atoms with van der Waals surface area (Å²) < 4.78 is 49.1. The van der Waals surface area contributed by atoms with E-state index in [1.807, 2.05) is 24.3 Å². The van der Waals surface area contributed by atoms with Crippen LogP contribution >= 0.6 is 0 Å². The molecule has 7 heteroatoms. The summed E-state index contributed by atoms with van der Waals surface area (Å²) >= 11 is 0. The van der Waals surface area contributed by atoms with E-state index >= 15 is 0 Å². The third-order valence-corrected chi connectivity index (χ3v) is 4.20. The van der Waals surface area contributed by atoms with Crippen LogP contribution in [0.3, 0.4) is 0 Å². The number of halogens is 3. The molecule has 0 unspecified atom stereocenters. The van der Waals surface area contributed by atoms with Crippen LogP contribution in [0.4, 0.5) is 13.2 Å². The van der Waals surface area contributed by atoms with Crippen molar-refractivity contribution in [2.75, 3.05) is 33.4 Å². The molecule has 1 aliphatic heterocycles. The second-order valence-corrected chi connectivity index (χ2v) is 6.12. The van der Waals surface area contributed by atoms with Crippen molar-refractivity contribution < 1.29 is 27.8 Å². The quantitative estimate of drug-likeness (QED) is 0.824. The summed E-state index contributed by atoms with van der Waals surface area (Å²) in [5.74, 6) is -0.594. The summed E-state index contributed by atoms with van der Waals surface area (Å²) in [6.07, 6.45) is -4.31. The van der Waals surface area contributed by atoms with Crippen LogP contribution in [0.2, 0.25) is 0 Å². The lowest BCUT2D eigenvalue weighted by molar-refractivity contribution is -0.187. The molecule has 0 amide bonds. The summed E-state index contributed by atoms with van der Waals surface area (Å²) in [5, 5.41) is 10.0. The molecule has 0 saturated carbocycles. The first-order valence-electron chi connectivity index (χ1n) is 8.07. The Morgan fingerprint density at radius 3 is 2.79 bits per heavy atom. The summed E-state index contributed by atoms with van der Waals surface area (Å²) in [4.78, 5) is 1.67. The number of para-hydroxylation sites is 1. The van der Waals surface area contributed by atoms with E-state index in [9.17, 15) is 18.3 Å². The van der Waals surface area contributed by atoms with Gasteiger partial charge in [-0.05, 0) is 25.5 Å². The molecular weight excluding hydrogens is 323 g/mol. The molecule has 1 fully saturated rings. The molecule has 24 heavy (non-hydrogen) atoms. The second-order valence-electron chi connectivity index (χ2n) is 6.12. The number of benzene rings is 1. The van der Waals surface area contributed by atoms with Crippen LogP contribution in [0.5, 0.6) is 5.75 Å². The standard InChI is InChI=1S/C17H24F3NO3/c1-23-16-7-3-2-5-13(16)11-24-12-15(22)10-21-8-4-6-14(9-21)17(18,19)20/h2-3,5,7,14-15,22H,4,6,8-12H2,1H3/t14-,15-/m1/s1. The number of aliphatic hydroxyl groups is 1. The summed E-state index contributed by atoms with van der Waals surface area (Å²) in [6, 6.07) is 7.40. The molecule has 2 atom stereocenters. The number of hydrogen-bond acceptors (Lipinski definition) is 4. The Morgan fingerprint density at radius 2 is 2.08 bits per heavy atom. The Kier molecular flexibility index (Phi) is 6.89. The Bertz CT molecular complexity index is 510. The molecule has 0 radical (unpaired) electrons. The normalized spacial score (nSPS) is 20.8. The van der Waals surface area contributed by atoms with Gasteiger partial charge in [0.2, 0.25) is 0 Å². The lowest BCUT2D eigenvalue weighted by atomic mass is 9.97. The van der Waals surface area contributed by atoms with Gasteiger partial charge in [0, 0.05) is 18.7 Å². The maximum atomic E-state index is 12.8. The molecule has 1 N–H and O–H groups in total. The van der Waals surface area contributed by atoms with E-state index in [1.54, 1.807) is 12.0 Å². The highest BCUT2D eigenvalue weighted by Crippen LogP contribution is 2.33. The van der Waals surface area contributed by atoms with Crippen LogP contribution < -0.4 is 4.74 Å². The molecule has 0 bridgehead atoms. The van der Waals surface area contributed by atoms with Gasteiger partial charge >= 0.3 is 6.18 Å². The van der Waals surface area contributed by atoms with Crippen LogP contribution in [-0.4, -0.2) is 55.6 Å². The molecule has 0 spiro atoms. The smallest absolute Gasteiger partial charge is 0.393 e. The van der Waals surface area contributed by atoms with Gasteiger partial charge in [0.1, 0.15) is 5.75 Å². The number of likely N-dealkylation sites (tertiary alicyclic amines) is 1. The van der Waals surface area contributed by atoms with Crippen molar-refractivity contribution in [3.63, 3.8) is 0 Å². The van der Waals surface area contributed by atoms with E-state index < -0.39 is 18.2 Å². The van der Waals surface area contributed by atoms with Crippen LogP contribution in [0.25, 0.3) is 0 Å². The average Bonchev–Trinajstić information content (AvgIpc) is 2.55. The largest absolute Gasteiger partial charge is 0.496 e. The summed E-state index contributed by atoms with van der Waals surface area (Å²) in [6.45, 7) is 1.08. The van der Waals surface area contributed by atoms with Crippen molar-refractivity contribution in [2.24, 2.45) is 5.92 Å². The Morgan fingerprint density at radius 1 is 1.33 bits per heavy atom. The zero-order valence-corrected chi connectivity index (χ0v) is 13.8. The summed E-state index contributed by atoms with van der Waals surface area (Å²) in [7, 11) is 1.57. The van der Waals surface area contributed by atoms with Crippen LogP contribution in [0.1, 0.15) is 18.4 Å². The van der Waals surface area contributed by atoms with E-state index in [1.165, 1.54) is 0 Å². The summed E-state index contributed by atoms with van der Waals surface area (Å²) in [5.41, 5.74) is 0.863. The Balaban J connectivity index is 1.74. The number of alkyl halides is 3. The SMILES string of the molecule is COc1ccccc1COC[C@H](O)CN1CCC[C@@H](C(F)(F)F)C1. The van der Waals surface area contributed by atoms with Gasteiger partial charge in [-0.2, -0.15) is 13.2 Å². The monoisotopic (exact) mass is 347 g/mol. The van der Waals surface area contributed by atoms with Crippen molar-refractivity contribution in [3.05, 3.63) is 29.8 Å². The van der Waals surface area contributed by atoms with Crippen molar-refractivity contribution in [2.45, 2.75) is 31.7 Å². The van der Waals surface area contributed by atoms with Crippen molar-refractivity contribution >= 4 is 0 Å². The van der Waals surface area contributed by atoms with Crippen molar-refractivity contribution in [3.8, 4) is 5.75 Å².